The third kappa shape index (κ3) is 5.28. The second-order valence-corrected chi connectivity index (χ2v) is 13.4. The van der Waals surface area contributed by atoms with Crippen LogP contribution in [-0.2, 0) is 28.2 Å². The van der Waals surface area contributed by atoms with Crippen LogP contribution < -0.4 is 10.4 Å². The fourth-order valence-electron chi connectivity index (χ4n) is 4.39. The topological polar surface area (TPSA) is 71.1 Å². The summed E-state index contributed by atoms with van der Waals surface area (Å²) >= 11 is 0. The highest BCUT2D eigenvalue weighted by molar-refractivity contribution is 6.99. The molecule has 3 atom stereocenters. The van der Waals surface area contributed by atoms with Gasteiger partial charge in [-0.1, -0.05) is 81.4 Å². The largest absolute Gasteiger partial charge is 0.459 e. The molecule has 0 unspecified atom stereocenters. The summed E-state index contributed by atoms with van der Waals surface area (Å²) in [5.41, 5.74) is 0. The number of carbonyl (C=O) groups excluding carboxylic acids is 2. The number of rotatable bonds is 7. The molecule has 0 N–H and O–H groups in total. The maximum absolute atomic E-state index is 11.7. The monoisotopic (exact) mass is 456 g/mol. The molecule has 32 heavy (non-hydrogen) atoms. The Morgan fingerprint density at radius 2 is 1.41 bits per heavy atom. The molecule has 2 aromatic rings. The summed E-state index contributed by atoms with van der Waals surface area (Å²) in [6.07, 6.45) is -1.56. The average molecular weight is 457 g/mol. The second-order valence-electron chi connectivity index (χ2n) is 9.07. The van der Waals surface area contributed by atoms with Crippen molar-refractivity contribution in [2.45, 2.75) is 64.6 Å². The Balaban J connectivity index is 1.96. The van der Waals surface area contributed by atoms with E-state index in [1.54, 1.807) is 0 Å². The van der Waals surface area contributed by atoms with Crippen LogP contribution in [0.5, 0.6) is 0 Å². The molecule has 1 fully saturated rings. The standard InChI is InChI=1S/C25H32O6Si/c1-18(26)29-22-16-24(30-19(2)27)31-23(22)17-28-32(25(3,4)5,20-12-8-6-9-13-20)21-14-10-7-11-15-21/h6-15,22-24H,16-17H2,1-5H3/t22-,23+,24-/m1/s1. The van der Waals surface area contributed by atoms with E-state index in [0.29, 0.717) is 0 Å². The fourth-order valence-corrected chi connectivity index (χ4v) is 8.96. The smallest absolute Gasteiger partial charge is 0.304 e. The molecule has 0 aromatic heterocycles. The van der Waals surface area contributed by atoms with Crippen LogP contribution in [0.2, 0.25) is 5.04 Å². The van der Waals surface area contributed by atoms with Crippen molar-refractivity contribution >= 4 is 30.6 Å². The molecular formula is C25H32O6Si. The summed E-state index contributed by atoms with van der Waals surface area (Å²) < 4.78 is 23.5. The Kier molecular flexibility index (Phi) is 7.54. The predicted octanol–water partition coefficient (Wildman–Crippen LogP) is 3.17. The van der Waals surface area contributed by atoms with Crippen LogP contribution in [0.4, 0.5) is 0 Å². The van der Waals surface area contributed by atoms with Gasteiger partial charge in [0.15, 0.2) is 0 Å². The highest BCUT2D eigenvalue weighted by Crippen LogP contribution is 2.37. The molecule has 0 radical (unpaired) electrons. The van der Waals surface area contributed by atoms with E-state index in [1.807, 2.05) is 36.4 Å². The van der Waals surface area contributed by atoms with Gasteiger partial charge in [0.1, 0.15) is 12.2 Å². The molecule has 0 bridgehead atoms. The lowest BCUT2D eigenvalue weighted by atomic mass is 10.2. The number of ether oxygens (including phenoxy) is 3. The normalized spacial score (nSPS) is 21.2. The highest BCUT2D eigenvalue weighted by atomic mass is 28.4. The molecule has 0 spiro atoms. The Morgan fingerprint density at radius 1 is 0.906 bits per heavy atom. The van der Waals surface area contributed by atoms with E-state index in [0.717, 1.165) is 10.4 Å². The van der Waals surface area contributed by atoms with E-state index in [4.69, 9.17) is 18.6 Å². The lowest BCUT2D eigenvalue weighted by Gasteiger charge is -2.43. The van der Waals surface area contributed by atoms with Gasteiger partial charge in [-0.2, -0.15) is 0 Å². The molecule has 6 nitrogen and oxygen atoms in total. The fraction of sp³-hybridized carbons (Fsp3) is 0.440. The summed E-state index contributed by atoms with van der Waals surface area (Å²) in [5, 5.41) is 2.11. The lowest BCUT2D eigenvalue weighted by molar-refractivity contribution is -0.175. The quantitative estimate of drug-likeness (QED) is 0.471. The van der Waals surface area contributed by atoms with Crippen molar-refractivity contribution in [1.82, 2.24) is 0 Å². The van der Waals surface area contributed by atoms with Crippen molar-refractivity contribution < 1.29 is 28.2 Å². The summed E-state index contributed by atoms with van der Waals surface area (Å²) in [7, 11) is -2.77. The summed E-state index contributed by atoms with van der Waals surface area (Å²) in [6.45, 7) is 9.48. The molecule has 1 aliphatic rings. The van der Waals surface area contributed by atoms with Crippen molar-refractivity contribution in [1.29, 1.82) is 0 Å². The third-order valence-electron chi connectivity index (χ3n) is 5.66. The van der Waals surface area contributed by atoms with E-state index in [9.17, 15) is 9.59 Å². The molecule has 3 rings (SSSR count). The average Bonchev–Trinajstić information content (AvgIpc) is 3.08. The van der Waals surface area contributed by atoms with Gasteiger partial charge < -0.3 is 18.6 Å². The van der Waals surface area contributed by atoms with Gasteiger partial charge in [-0.15, -0.1) is 0 Å². The first-order valence-corrected chi connectivity index (χ1v) is 12.8. The van der Waals surface area contributed by atoms with Gasteiger partial charge >= 0.3 is 11.9 Å². The first-order chi connectivity index (χ1) is 15.1. The van der Waals surface area contributed by atoms with Crippen molar-refractivity contribution in [3.8, 4) is 0 Å². The molecule has 0 aliphatic carbocycles. The molecule has 1 heterocycles. The molecule has 172 valence electrons. The minimum Gasteiger partial charge on any atom is -0.459 e. The zero-order valence-electron chi connectivity index (χ0n) is 19.4. The van der Waals surface area contributed by atoms with E-state index in [-0.39, 0.29) is 18.1 Å². The van der Waals surface area contributed by atoms with E-state index >= 15 is 0 Å². The van der Waals surface area contributed by atoms with Crippen molar-refractivity contribution in [3.05, 3.63) is 60.7 Å². The van der Waals surface area contributed by atoms with Crippen LogP contribution in [0.25, 0.3) is 0 Å². The maximum Gasteiger partial charge on any atom is 0.304 e. The lowest BCUT2D eigenvalue weighted by Crippen LogP contribution is -2.67. The third-order valence-corrected chi connectivity index (χ3v) is 10.7. The zero-order chi connectivity index (χ0) is 23.4. The van der Waals surface area contributed by atoms with Gasteiger partial charge in [-0.05, 0) is 15.4 Å². The van der Waals surface area contributed by atoms with Crippen LogP contribution in [0, 0.1) is 0 Å². The van der Waals surface area contributed by atoms with Crippen LogP contribution in [-0.4, -0.2) is 45.4 Å². The highest BCUT2D eigenvalue weighted by Gasteiger charge is 2.51. The second kappa shape index (κ2) is 9.98. The Hall–Kier alpha value is -2.48. The molecule has 7 heteroatoms. The zero-order valence-corrected chi connectivity index (χ0v) is 20.4. The van der Waals surface area contributed by atoms with Gasteiger partial charge in [0, 0.05) is 13.8 Å². The van der Waals surface area contributed by atoms with E-state index in [1.165, 1.54) is 13.8 Å². The molecule has 0 saturated carbocycles. The first-order valence-electron chi connectivity index (χ1n) is 10.9. The first kappa shape index (κ1) is 24.2. The Bertz CT molecular complexity index is 870. The molecule has 0 amide bonds. The van der Waals surface area contributed by atoms with Crippen LogP contribution >= 0.6 is 0 Å². The number of carbonyl (C=O) groups is 2. The SMILES string of the molecule is CC(=O)O[C@H]1C[C@@H](OC(C)=O)[C@H](CO[Si](c2ccccc2)(c2ccccc2)C(C)(C)C)O1. The Morgan fingerprint density at radius 3 is 1.84 bits per heavy atom. The molecular weight excluding hydrogens is 424 g/mol. The number of hydrogen-bond donors (Lipinski definition) is 0. The van der Waals surface area contributed by atoms with Crippen LogP contribution in [0.1, 0.15) is 41.0 Å². The minimum absolute atomic E-state index is 0.194. The van der Waals surface area contributed by atoms with Crippen LogP contribution in [0.3, 0.4) is 0 Å². The number of benzene rings is 2. The van der Waals surface area contributed by atoms with Gasteiger partial charge in [0.05, 0.1) is 13.0 Å². The van der Waals surface area contributed by atoms with E-state index < -0.39 is 38.8 Å². The number of esters is 2. The summed E-state index contributed by atoms with van der Waals surface area (Å²) in [4.78, 5) is 23.1. The summed E-state index contributed by atoms with van der Waals surface area (Å²) in [5.74, 6) is -0.845. The van der Waals surface area contributed by atoms with Crippen molar-refractivity contribution in [3.63, 3.8) is 0 Å². The number of hydrogen-bond acceptors (Lipinski definition) is 6. The van der Waals surface area contributed by atoms with Crippen molar-refractivity contribution in [2.24, 2.45) is 0 Å². The molecule has 1 saturated heterocycles. The van der Waals surface area contributed by atoms with Gasteiger partial charge in [0.25, 0.3) is 8.32 Å². The van der Waals surface area contributed by atoms with Crippen molar-refractivity contribution in [2.75, 3.05) is 6.61 Å². The van der Waals surface area contributed by atoms with Gasteiger partial charge in [-0.25, -0.2) is 0 Å². The molecule has 1 aliphatic heterocycles. The minimum atomic E-state index is -2.77. The summed E-state index contributed by atoms with van der Waals surface area (Å²) in [6, 6.07) is 20.6. The van der Waals surface area contributed by atoms with Gasteiger partial charge in [-0.3, -0.25) is 9.59 Å². The van der Waals surface area contributed by atoms with Crippen LogP contribution in [0.15, 0.2) is 60.7 Å². The molecule has 2 aromatic carbocycles. The predicted molar refractivity (Wildman–Crippen MR) is 124 cm³/mol. The maximum atomic E-state index is 11.7. The van der Waals surface area contributed by atoms with E-state index in [2.05, 4.69) is 45.0 Å². The van der Waals surface area contributed by atoms with Gasteiger partial charge in [0.2, 0.25) is 6.29 Å². The Labute approximate surface area is 191 Å².